The van der Waals surface area contributed by atoms with Crippen LogP contribution in [-0.4, -0.2) is 70.1 Å². The molecule has 0 unspecified atom stereocenters. The Morgan fingerprint density at radius 2 is 1.81 bits per heavy atom. The van der Waals surface area contributed by atoms with Gasteiger partial charge in [-0.25, -0.2) is 0 Å². The van der Waals surface area contributed by atoms with Gasteiger partial charge >= 0.3 is 0 Å². The van der Waals surface area contributed by atoms with Crippen molar-refractivity contribution in [1.29, 1.82) is 0 Å². The van der Waals surface area contributed by atoms with E-state index < -0.39 is 0 Å². The molecule has 31 heavy (non-hydrogen) atoms. The molecule has 0 bridgehead atoms. The maximum Gasteiger partial charge on any atom is 0.193 e. The Morgan fingerprint density at radius 3 is 2.52 bits per heavy atom. The number of fused-ring (bicyclic) bond motifs is 1. The first kappa shape index (κ1) is 21.3. The zero-order chi connectivity index (χ0) is 21.6. The van der Waals surface area contributed by atoms with Crippen LogP contribution in [0.4, 0.5) is 0 Å². The average molecular weight is 420 g/mol. The molecule has 0 aliphatic carbocycles. The summed E-state index contributed by atoms with van der Waals surface area (Å²) in [5.41, 5.74) is 3.68. The van der Waals surface area contributed by atoms with E-state index >= 15 is 0 Å². The van der Waals surface area contributed by atoms with Crippen molar-refractivity contribution in [3.05, 3.63) is 65.6 Å². The predicted molar refractivity (Wildman–Crippen MR) is 125 cm³/mol. The second kappa shape index (κ2) is 9.92. The fraction of sp³-hybridized carbons (Fsp3) is 0.458. The van der Waals surface area contributed by atoms with Crippen LogP contribution in [0.5, 0.6) is 0 Å². The maximum absolute atomic E-state index is 4.50. The van der Waals surface area contributed by atoms with E-state index in [4.69, 9.17) is 0 Å². The lowest BCUT2D eigenvalue weighted by Gasteiger charge is -2.36. The van der Waals surface area contributed by atoms with Crippen molar-refractivity contribution in [2.75, 3.05) is 39.8 Å². The molecular formula is C24H33N7. The summed E-state index contributed by atoms with van der Waals surface area (Å²) in [7, 11) is 1.86. The minimum Gasteiger partial charge on any atom is -0.356 e. The first-order valence-corrected chi connectivity index (χ1v) is 11.2. The average Bonchev–Trinajstić information content (AvgIpc) is 3.21. The van der Waals surface area contributed by atoms with Gasteiger partial charge in [-0.15, -0.1) is 10.2 Å². The van der Waals surface area contributed by atoms with Gasteiger partial charge < -0.3 is 10.2 Å². The van der Waals surface area contributed by atoms with E-state index in [2.05, 4.69) is 68.4 Å². The van der Waals surface area contributed by atoms with Crippen LogP contribution in [0.3, 0.4) is 0 Å². The standard InChI is InChI=1S/C24H33N7/c1-19(2)21-9-7-20(8-10-21)18-29-14-16-30(17-15-29)24(25-3)26-12-11-23-28-27-22-6-4-5-13-31(22)23/h4-10,13,19H,11-12,14-18H2,1-3H3,(H,25,26). The second-order valence-electron chi connectivity index (χ2n) is 8.43. The zero-order valence-electron chi connectivity index (χ0n) is 18.8. The van der Waals surface area contributed by atoms with Crippen molar-refractivity contribution < 1.29 is 0 Å². The lowest BCUT2D eigenvalue weighted by molar-refractivity contribution is 0.172. The third-order valence-corrected chi connectivity index (χ3v) is 5.95. The summed E-state index contributed by atoms with van der Waals surface area (Å²) in [6, 6.07) is 15.0. The third-order valence-electron chi connectivity index (χ3n) is 5.95. The van der Waals surface area contributed by atoms with Crippen LogP contribution in [0.15, 0.2) is 53.7 Å². The van der Waals surface area contributed by atoms with E-state index in [1.165, 1.54) is 11.1 Å². The molecule has 1 aliphatic rings. The van der Waals surface area contributed by atoms with Gasteiger partial charge in [-0.1, -0.05) is 44.2 Å². The summed E-state index contributed by atoms with van der Waals surface area (Å²) >= 11 is 0. The van der Waals surface area contributed by atoms with Crippen molar-refractivity contribution in [3.63, 3.8) is 0 Å². The number of rotatable bonds is 6. The Morgan fingerprint density at radius 1 is 1.03 bits per heavy atom. The molecule has 1 aliphatic heterocycles. The number of aromatic nitrogens is 3. The van der Waals surface area contributed by atoms with E-state index in [1.54, 1.807) is 0 Å². The molecule has 0 radical (unpaired) electrons. The number of nitrogens with zero attached hydrogens (tertiary/aromatic N) is 6. The van der Waals surface area contributed by atoms with Gasteiger partial charge in [0.2, 0.25) is 0 Å². The lowest BCUT2D eigenvalue weighted by atomic mass is 10.0. The molecule has 4 rings (SSSR count). The molecule has 2 aromatic heterocycles. The number of aliphatic imine (C=N–C) groups is 1. The SMILES string of the molecule is CN=C(NCCc1nnc2ccccn12)N1CCN(Cc2ccc(C(C)C)cc2)CC1. The van der Waals surface area contributed by atoms with Gasteiger partial charge in [-0.2, -0.15) is 0 Å². The molecular weight excluding hydrogens is 386 g/mol. The number of nitrogens with one attached hydrogen (secondary N) is 1. The van der Waals surface area contributed by atoms with Crippen molar-refractivity contribution in [2.45, 2.75) is 32.7 Å². The van der Waals surface area contributed by atoms with Crippen molar-refractivity contribution in [3.8, 4) is 0 Å². The van der Waals surface area contributed by atoms with Gasteiger partial charge in [0, 0.05) is 58.9 Å². The quantitative estimate of drug-likeness (QED) is 0.492. The molecule has 7 nitrogen and oxygen atoms in total. The van der Waals surface area contributed by atoms with Crippen LogP contribution in [-0.2, 0) is 13.0 Å². The molecule has 3 aromatic rings. The van der Waals surface area contributed by atoms with Gasteiger partial charge in [-0.3, -0.25) is 14.3 Å². The Labute approximate surface area is 184 Å². The highest BCUT2D eigenvalue weighted by Crippen LogP contribution is 2.16. The minimum absolute atomic E-state index is 0.584. The van der Waals surface area contributed by atoms with Crippen molar-refractivity contribution in [1.82, 2.24) is 29.7 Å². The van der Waals surface area contributed by atoms with Crippen LogP contribution in [0.2, 0.25) is 0 Å². The summed E-state index contributed by atoms with van der Waals surface area (Å²) in [6.07, 6.45) is 2.81. The molecule has 3 heterocycles. The van der Waals surface area contributed by atoms with Crippen LogP contribution in [0.1, 0.15) is 36.7 Å². The Hall–Kier alpha value is -2.93. The smallest absolute Gasteiger partial charge is 0.193 e. The normalized spacial score (nSPS) is 15.7. The van der Waals surface area contributed by atoms with Crippen LogP contribution in [0, 0.1) is 0 Å². The Bertz CT molecular complexity index is 998. The fourth-order valence-corrected chi connectivity index (χ4v) is 4.06. The van der Waals surface area contributed by atoms with Gasteiger partial charge in [0.1, 0.15) is 5.82 Å². The first-order chi connectivity index (χ1) is 15.1. The molecule has 0 amide bonds. The monoisotopic (exact) mass is 419 g/mol. The fourth-order valence-electron chi connectivity index (χ4n) is 4.06. The van der Waals surface area contributed by atoms with Crippen molar-refractivity contribution >= 4 is 11.6 Å². The van der Waals surface area contributed by atoms with Crippen LogP contribution >= 0.6 is 0 Å². The summed E-state index contributed by atoms with van der Waals surface area (Å²) in [5.74, 6) is 2.52. The molecule has 1 fully saturated rings. The highest BCUT2D eigenvalue weighted by Gasteiger charge is 2.19. The molecule has 164 valence electrons. The molecule has 7 heteroatoms. The van der Waals surface area contributed by atoms with Crippen molar-refractivity contribution in [2.24, 2.45) is 4.99 Å². The molecule has 1 aromatic carbocycles. The van der Waals surface area contributed by atoms with Crippen LogP contribution in [0.25, 0.3) is 5.65 Å². The second-order valence-corrected chi connectivity index (χ2v) is 8.43. The maximum atomic E-state index is 4.50. The number of guanidine groups is 1. The molecule has 1 N–H and O–H groups in total. The summed E-state index contributed by atoms with van der Waals surface area (Å²) in [5, 5.41) is 12.0. The van der Waals surface area contributed by atoms with E-state index in [1.807, 2.05) is 35.8 Å². The highest BCUT2D eigenvalue weighted by atomic mass is 15.3. The predicted octanol–water partition coefficient (Wildman–Crippen LogP) is 2.79. The third kappa shape index (κ3) is 5.22. The topological polar surface area (TPSA) is 61.1 Å². The van der Waals surface area contributed by atoms with Gasteiger partial charge in [0.25, 0.3) is 0 Å². The van der Waals surface area contributed by atoms with E-state index in [9.17, 15) is 0 Å². The van der Waals surface area contributed by atoms with E-state index in [0.29, 0.717) is 5.92 Å². The molecule has 0 saturated carbocycles. The Balaban J connectivity index is 1.24. The highest BCUT2D eigenvalue weighted by molar-refractivity contribution is 5.80. The largest absolute Gasteiger partial charge is 0.356 e. The first-order valence-electron chi connectivity index (χ1n) is 11.2. The zero-order valence-corrected chi connectivity index (χ0v) is 18.8. The number of hydrogen-bond acceptors (Lipinski definition) is 4. The number of benzene rings is 1. The van der Waals surface area contributed by atoms with Gasteiger partial charge in [0.15, 0.2) is 11.6 Å². The molecule has 0 atom stereocenters. The number of hydrogen-bond donors (Lipinski definition) is 1. The lowest BCUT2D eigenvalue weighted by Crippen LogP contribution is -2.52. The summed E-state index contributed by atoms with van der Waals surface area (Å²) in [4.78, 5) is 9.37. The van der Waals surface area contributed by atoms with Gasteiger partial charge in [0.05, 0.1) is 0 Å². The minimum atomic E-state index is 0.584. The summed E-state index contributed by atoms with van der Waals surface area (Å²) in [6.45, 7) is 10.3. The summed E-state index contributed by atoms with van der Waals surface area (Å²) < 4.78 is 2.04. The Kier molecular flexibility index (Phi) is 6.82. The van der Waals surface area contributed by atoms with Crippen LogP contribution < -0.4 is 5.32 Å². The van der Waals surface area contributed by atoms with E-state index in [-0.39, 0.29) is 0 Å². The number of piperazine rings is 1. The van der Waals surface area contributed by atoms with E-state index in [0.717, 1.165) is 63.1 Å². The molecule has 0 spiro atoms. The number of pyridine rings is 1. The van der Waals surface area contributed by atoms with Gasteiger partial charge in [-0.05, 0) is 29.2 Å². The molecule has 1 saturated heterocycles.